The van der Waals surface area contributed by atoms with Gasteiger partial charge in [-0.05, 0) is 0 Å². The van der Waals surface area contributed by atoms with Crippen molar-refractivity contribution in [3.8, 4) is 0 Å². The summed E-state index contributed by atoms with van der Waals surface area (Å²) in [5.74, 6) is 0.896. The lowest BCUT2D eigenvalue weighted by Gasteiger charge is -2.10. The zero-order valence-electron chi connectivity index (χ0n) is 6.90. The molecule has 0 aliphatic rings. The largest absolute Gasteiger partial charge is 0.363 e. The maximum atomic E-state index is 5.06. The first-order valence-corrected chi connectivity index (χ1v) is 3.72. The first kappa shape index (κ1) is 8.20. The predicted octanol–water partition coefficient (Wildman–Crippen LogP) is 1.22. The van der Waals surface area contributed by atoms with E-state index in [1.54, 1.807) is 6.33 Å². The summed E-state index contributed by atoms with van der Waals surface area (Å²) in [6.45, 7) is 0. The number of aryl methyl sites for hydroxylation is 1. The molecular formula is C7H11N3S. The van der Waals surface area contributed by atoms with Crippen molar-refractivity contribution in [3.05, 3.63) is 17.0 Å². The van der Waals surface area contributed by atoms with Crippen LogP contribution in [0.15, 0.2) is 12.4 Å². The summed E-state index contributed by atoms with van der Waals surface area (Å²) < 4.78 is 2.60. The van der Waals surface area contributed by atoms with Gasteiger partial charge < -0.3 is 9.47 Å². The second-order valence-corrected chi connectivity index (χ2v) is 3.01. The van der Waals surface area contributed by atoms with Crippen LogP contribution in [0.5, 0.6) is 0 Å². The molecule has 0 spiro atoms. The van der Waals surface area contributed by atoms with Crippen molar-refractivity contribution >= 4 is 18.0 Å². The van der Waals surface area contributed by atoms with Crippen LogP contribution in [0.3, 0.4) is 0 Å². The predicted molar refractivity (Wildman–Crippen MR) is 48.4 cm³/mol. The lowest BCUT2D eigenvalue weighted by Crippen LogP contribution is -2.11. The molecule has 0 saturated carbocycles. The number of hydrogen-bond donors (Lipinski definition) is 0. The molecule has 0 aliphatic carbocycles. The fourth-order valence-corrected chi connectivity index (χ4v) is 0.849. The van der Waals surface area contributed by atoms with E-state index in [0.29, 0.717) is 0 Å². The van der Waals surface area contributed by atoms with E-state index in [0.717, 1.165) is 10.5 Å². The molecule has 0 aromatic carbocycles. The van der Waals surface area contributed by atoms with Crippen molar-refractivity contribution in [1.82, 2.24) is 9.55 Å². The maximum absolute atomic E-state index is 5.06. The monoisotopic (exact) mass is 169 g/mol. The van der Waals surface area contributed by atoms with Crippen LogP contribution in [-0.4, -0.2) is 23.6 Å². The molecule has 11 heavy (non-hydrogen) atoms. The van der Waals surface area contributed by atoms with Crippen LogP contribution in [-0.2, 0) is 7.05 Å². The van der Waals surface area contributed by atoms with Crippen LogP contribution < -0.4 is 4.90 Å². The zero-order chi connectivity index (χ0) is 8.43. The number of anilines is 1. The summed E-state index contributed by atoms with van der Waals surface area (Å²) >= 11 is 5.06. The van der Waals surface area contributed by atoms with Gasteiger partial charge in [0.25, 0.3) is 0 Å². The Morgan fingerprint density at radius 1 is 1.55 bits per heavy atom. The standard InChI is InChI=1S/C7H11N3S/c1-9(2)6-4-7(11)10(3)5-8-6/h4-5H,1-3H3. The van der Waals surface area contributed by atoms with Crippen molar-refractivity contribution in [2.75, 3.05) is 19.0 Å². The molecule has 1 heterocycles. The van der Waals surface area contributed by atoms with Gasteiger partial charge in [0.15, 0.2) is 0 Å². The van der Waals surface area contributed by atoms with E-state index in [1.807, 2.05) is 36.7 Å². The highest BCUT2D eigenvalue weighted by Gasteiger charge is 1.95. The van der Waals surface area contributed by atoms with E-state index in [2.05, 4.69) is 4.98 Å². The third kappa shape index (κ3) is 1.77. The van der Waals surface area contributed by atoms with Crippen molar-refractivity contribution in [1.29, 1.82) is 0 Å². The van der Waals surface area contributed by atoms with Crippen LogP contribution in [0.4, 0.5) is 5.82 Å². The van der Waals surface area contributed by atoms with Crippen LogP contribution in [0, 0.1) is 4.64 Å². The number of aromatic nitrogens is 2. The smallest absolute Gasteiger partial charge is 0.132 e. The Hall–Kier alpha value is -0.900. The van der Waals surface area contributed by atoms with E-state index in [9.17, 15) is 0 Å². The molecule has 0 aliphatic heterocycles. The highest BCUT2D eigenvalue weighted by atomic mass is 32.1. The molecule has 4 heteroatoms. The molecule has 0 atom stereocenters. The third-order valence-electron chi connectivity index (χ3n) is 1.42. The Balaban J connectivity index is 3.16. The maximum Gasteiger partial charge on any atom is 0.132 e. The molecule has 60 valence electrons. The van der Waals surface area contributed by atoms with E-state index in [4.69, 9.17) is 12.2 Å². The van der Waals surface area contributed by atoms with Crippen LogP contribution in [0.1, 0.15) is 0 Å². The van der Waals surface area contributed by atoms with Crippen LogP contribution in [0.25, 0.3) is 0 Å². The van der Waals surface area contributed by atoms with Gasteiger partial charge in [-0.1, -0.05) is 12.2 Å². The minimum absolute atomic E-state index is 0.795. The second-order valence-electron chi connectivity index (χ2n) is 2.59. The Morgan fingerprint density at radius 2 is 2.18 bits per heavy atom. The minimum atomic E-state index is 0.795. The highest BCUT2D eigenvalue weighted by molar-refractivity contribution is 7.71. The van der Waals surface area contributed by atoms with Gasteiger partial charge in [-0.2, -0.15) is 0 Å². The summed E-state index contributed by atoms with van der Waals surface area (Å²) in [5, 5.41) is 0. The van der Waals surface area contributed by atoms with Gasteiger partial charge >= 0.3 is 0 Å². The molecule has 1 rings (SSSR count). The average molecular weight is 169 g/mol. The van der Waals surface area contributed by atoms with E-state index in [1.165, 1.54) is 0 Å². The molecular weight excluding hydrogens is 158 g/mol. The van der Waals surface area contributed by atoms with Gasteiger partial charge in [0.2, 0.25) is 0 Å². The lowest BCUT2D eigenvalue weighted by molar-refractivity contribution is 0.841. The first-order valence-electron chi connectivity index (χ1n) is 3.31. The van der Waals surface area contributed by atoms with Gasteiger partial charge in [-0.3, -0.25) is 0 Å². The van der Waals surface area contributed by atoms with E-state index >= 15 is 0 Å². The van der Waals surface area contributed by atoms with Crippen molar-refractivity contribution in [3.63, 3.8) is 0 Å². The quantitative estimate of drug-likeness (QED) is 0.590. The van der Waals surface area contributed by atoms with Gasteiger partial charge in [-0.25, -0.2) is 4.98 Å². The zero-order valence-corrected chi connectivity index (χ0v) is 7.72. The summed E-state index contributed by atoms with van der Waals surface area (Å²) in [4.78, 5) is 6.09. The minimum Gasteiger partial charge on any atom is -0.363 e. The Kier molecular flexibility index (Phi) is 2.24. The fraction of sp³-hybridized carbons (Fsp3) is 0.429. The van der Waals surface area contributed by atoms with Gasteiger partial charge in [0.05, 0.1) is 6.33 Å². The second kappa shape index (κ2) is 3.00. The molecule has 0 fully saturated rings. The molecule has 0 unspecified atom stereocenters. The van der Waals surface area contributed by atoms with Crippen molar-refractivity contribution in [2.24, 2.45) is 7.05 Å². The van der Waals surface area contributed by atoms with Crippen LogP contribution in [0.2, 0.25) is 0 Å². The molecule has 0 radical (unpaired) electrons. The highest BCUT2D eigenvalue weighted by Crippen LogP contribution is 2.04. The van der Waals surface area contributed by atoms with Gasteiger partial charge in [-0.15, -0.1) is 0 Å². The molecule has 0 saturated heterocycles. The summed E-state index contributed by atoms with van der Waals surface area (Å²) in [6, 6.07) is 1.87. The molecule has 0 bridgehead atoms. The summed E-state index contributed by atoms with van der Waals surface area (Å²) in [6.07, 6.45) is 1.72. The van der Waals surface area contributed by atoms with Crippen molar-refractivity contribution < 1.29 is 0 Å². The third-order valence-corrected chi connectivity index (χ3v) is 1.83. The number of nitrogens with zero attached hydrogens (tertiary/aromatic N) is 3. The SMILES string of the molecule is CN(C)c1cc(=S)n(C)cn1. The van der Waals surface area contributed by atoms with E-state index < -0.39 is 0 Å². The molecule has 3 nitrogen and oxygen atoms in total. The fourth-order valence-electron chi connectivity index (χ4n) is 0.697. The summed E-state index contributed by atoms with van der Waals surface area (Å²) in [5.41, 5.74) is 0. The topological polar surface area (TPSA) is 21.1 Å². The van der Waals surface area contributed by atoms with E-state index in [-0.39, 0.29) is 0 Å². The molecule has 0 amide bonds. The Labute approximate surface area is 71.3 Å². The number of rotatable bonds is 1. The van der Waals surface area contributed by atoms with Crippen molar-refractivity contribution in [2.45, 2.75) is 0 Å². The molecule has 1 aromatic heterocycles. The lowest BCUT2D eigenvalue weighted by atomic mass is 10.5. The Morgan fingerprint density at radius 3 is 2.64 bits per heavy atom. The average Bonchev–Trinajstić information content (AvgIpc) is 1.94. The normalized spacial score (nSPS) is 9.73. The first-order chi connectivity index (χ1) is 5.11. The number of hydrogen-bond acceptors (Lipinski definition) is 3. The molecule has 0 N–H and O–H groups in total. The van der Waals surface area contributed by atoms with Gasteiger partial charge in [0.1, 0.15) is 10.5 Å². The molecule has 1 aromatic rings. The Bertz CT molecular complexity index is 303. The summed E-state index contributed by atoms with van der Waals surface area (Å²) in [7, 11) is 5.77. The van der Waals surface area contributed by atoms with Crippen LogP contribution >= 0.6 is 12.2 Å². The van der Waals surface area contributed by atoms with Gasteiger partial charge in [0, 0.05) is 27.2 Å².